The fourth-order valence-electron chi connectivity index (χ4n) is 4.91. The monoisotopic (exact) mass is 409 g/mol. The van der Waals surface area contributed by atoms with Gasteiger partial charge in [0.05, 0.1) is 11.5 Å². The summed E-state index contributed by atoms with van der Waals surface area (Å²) >= 11 is 0. The van der Waals surface area contributed by atoms with E-state index in [-0.39, 0.29) is 29.3 Å². The third kappa shape index (κ3) is 3.04. The Morgan fingerprint density at radius 1 is 1.13 bits per heavy atom. The molecule has 0 radical (unpaired) electrons. The van der Waals surface area contributed by atoms with Crippen LogP contribution in [0, 0.1) is 11.8 Å². The number of alkyl halides is 1. The van der Waals surface area contributed by atoms with Crippen molar-refractivity contribution < 1.29 is 18.7 Å². The predicted octanol–water partition coefficient (Wildman–Crippen LogP) is 1.86. The summed E-state index contributed by atoms with van der Waals surface area (Å²) in [4.78, 5) is 25.6. The number of amides is 2. The summed E-state index contributed by atoms with van der Waals surface area (Å²) in [5.41, 5.74) is 2.22. The highest BCUT2D eigenvalue weighted by molar-refractivity contribution is 6.02. The number of piperidine rings is 1. The highest BCUT2D eigenvalue weighted by Crippen LogP contribution is 2.46. The summed E-state index contributed by atoms with van der Waals surface area (Å²) < 4.78 is 19.8. The smallest absolute Gasteiger partial charge is 0.254 e. The van der Waals surface area contributed by atoms with E-state index in [4.69, 9.17) is 4.74 Å². The molecular weight excluding hydrogens is 385 g/mol. The molecule has 30 heavy (non-hydrogen) atoms. The molecule has 2 fully saturated rings. The minimum atomic E-state index is -0.738. The third-order valence-corrected chi connectivity index (χ3v) is 6.53. The Morgan fingerprint density at radius 2 is 1.87 bits per heavy atom. The number of hydrogen-bond donors (Lipinski definition) is 3. The zero-order valence-electron chi connectivity index (χ0n) is 16.7. The topological polar surface area (TPSA) is 79.5 Å². The first-order chi connectivity index (χ1) is 14.6. The molecule has 0 aromatic heterocycles. The lowest BCUT2D eigenvalue weighted by molar-refractivity contribution is 0.0946. The Balaban J connectivity index is 1.54. The number of halogens is 1. The molecule has 0 spiro atoms. The second kappa shape index (κ2) is 7.40. The number of ether oxygens (including phenoxy) is 1. The second-order valence-electron chi connectivity index (χ2n) is 8.21. The summed E-state index contributed by atoms with van der Waals surface area (Å²) in [6.45, 7) is 1.15. The number of carbonyl (C=O) groups is 2. The standard InChI is InChI=1S/C23H24FN3O3/c1-25-23(29)15-8-13(22(28)27-20-16-10-26-11-17(16)20)7-14-19(12-5-3-2-4-6-12)18(9-24)30-21(14)15/h2-8,16-20,26H,9-11H2,1H3,(H,25,29)(H,27,28)/t16-,17+,18-,19+,20+/m0/s1. The lowest BCUT2D eigenvalue weighted by Gasteiger charge is -2.16. The largest absolute Gasteiger partial charge is 0.486 e. The van der Waals surface area contributed by atoms with Crippen LogP contribution in [0.25, 0.3) is 0 Å². The predicted molar refractivity (Wildman–Crippen MR) is 110 cm³/mol. The Morgan fingerprint density at radius 3 is 2.53 bits per heavy atom. The van der Waals surface area contributed by atoms with Crippen LogP contribution in [-0.4, -0.2) is 50.8 Å². The number of hydrogen-bond acceptors (Lipinski definition) is 4. The van der Waals surface area contributed by atoms with Gasteiger partial charge in [0.15, 0.2) is 0 Å². The number of fused-ring (bicyclic) bond motifs is 2. The van der Waals surface area contributed by atoms with Crippen LogP contribution in [0.1, 0.15) is 37.8 Å². The second-order valence-corrected chi connectivity index (χ2v) is 8.21. The quantitative estimate of drug-likeness (QED) is 0.704. The van der Waals surface area contributed by atoms with Crippen LogP contribution in [0.2, 0.25) is 0 Å². The Bertz CT molecular complexity index is 987. The van der Waals surface area contributed by atoms with Crippen molar-refractivity contribution in [2.45, 2.75) is 18.1 Å². The highest BCUT2D eigenvalue weighted by Gasteiger charge is 2.53. The van der Waals surface area contributed by atoms with Gasteiger partial charge in [-0.05, 0) is 29.5 Å². The molecule has 0 unspecified atom stereocenters. The van der Waals surface area contributed by atoms with Crippen LogP contribution in [0.3, 0.4) is 0 Å². The van der Waals surface area contributed by atoms with Crippen molar-refractivity contribution in [3.05, 3.63) is 64.7 Å². The summed E-state index contributed by atoms with van der Waals surface area (Å²) in [5, 5.41) is 9.01. The maximum Gasteiger partial charge on any atom is 0.254 e. The molecular formula is C23H24FN3O3. The maximum atomic E-state index is 13.9. The van der Waals surface area contributed by atoms with Gasteiger partial charge in [0.2, 0.25) is 0 Å². The zero-order chi connectivity index (χ0) is 20.8. The minimum absolute atomic E-state index is 0.176. The number of carbonyl (C=O) groups excluding carboxylic acids is 2. The molecule has 2 aromatic rings. The zero-order valence-corrected chi connectivity index (χ0v) is 16.7. The van der Waals surface area contributed by atoms with Gasteiger partial charge in [-0.15, -0.1) is 0 Å². The van der Waals surface area contributed by atoms with Crippen LogP contribution < -0.4 is 20.7 Å². The van der Waals surface area contributed by atoms with E-state index in [1.807, 2.05) is 30.3 Å². The molecule has 1 saturated carbocycles. The van der Waals surface area contributed by atoms with Crippen molar-refractivity contribution in [3.63, 3.8) is 0 Å². The highest BCUT2D eigenvalue weighted by atomic mass is 19.1. The van der Waals surface area contributed by atoms with Crippen molar-refractivity contribution in [1.29, 1.82) is 0 Å². The fraction of sp³-hybridized carbons (Fsp3) is 0.391. The van der Waals surface area contributed by atoms with E-state index in [0.29, 0.717) is 28.7 Å². The average Bonchev–Trinajstić information content (AvgIpc) is 3.14. The molecule has 1 aliphatic carbocycles. The number of nitrogens with one attached hydrogen (secondary N) is 3. The van der Waals surface area contributed by atoms with Gasteiger partial charge in [-0.3, -0.25) is 9.59 Å². The fourth-order valence-corrected chi connectivity index (χ4v) is 4.91. The molecule has 156 valence electrons. The molecule has 2 heterocycles. The summed E-state index contributed by atoms with van der Waals surface area (Å²) in [7, 11) is 1.52. The first-order valence-corrected chi connectivity index (χ1v) is 10.3. The molecule has 2 aliphatic heterocycles. The van der Waals surface area contributed by atoms with Crippen molar-refractivity contribution >= 4 is 11.8 Å². The molecule has 1 saturated heterocycles. The molecule has 6 nitrogen and oxygen atoms in total. The van der Waals surface area contributed by atoms with Gasteiger partial charge in [-0.1, -0.05) is 30.3 Å². The van der Waals surface area contributed by atoms with E-state index in [9.17, 15) is 14.0 Å². The van der Waals surface area contributed by atoms with Crippen molar-refractivity contribution in [3.8, 4) is 5.75 Å². The van der Waals surface area contributed by atoms with Crippen LogP contribution >= 0.6 is 0 Å². The maximum absolute atomic E-state index is 13.9. The van der Waals surface area contributed by atoms with Crippen LogP contribution in [0.5, 0.6) is 5.75 Å². The van der Waals surface area contributed by atoms with E-state index in [1.165, 1.54) is 7.05 Å². The summed E-state index contributed by atoms with van der Waals surface area (Å²) in [6.07, 6.45) is -0.738. The lowest BCUT2D eigenvalue weighted by Crippen LogP contribution is -2.32. The Kier molecular flexibility index (Phi) is 4.70. The Labute approximate surface area is 174 Å². The third-order valence-electron chi connectivity index (χ3n) is 6.53. The van der Waals surface area contributed by atoms with Crippen molar-refractivity contribution in [2.24, 2.45) is 11.8 Å². The molecule has 5 atom stereocenters. The first kappa shape index (κ1) is 19.1. The number of rotatable bonds is 5. The van der Waals surface area contributed by atoms with Gasteiger partial charge < -0.3 is 20.7 Å². The molecule has 5 rings (SSSR count). The van der Waals surface area contributed by atoms with E-state index in [2.05, 4.69) is 16.0 Å². The van der Waals surface area contributed by atoms with Crippen LogP contribution in [-0.2, 0) is 0 Å². The molecule has 3 N–H and O–H groups in total. The average molecular weight is 409 g/mol. The summed E-state index contributed by atoms with van der Waals surface area (Å²) in [5.74, 6) is 0.371. The van der Waals surface area contributed by atoms with Gasteiger partial charge in [-0.2, -0.15) is 0 Å². The Hall–Kier alpha value is -2.93. The molecule has 0 bridgehead atoms. The molecule has 2 aromatic carbocycles. The summed E-state index contributed by atoms with van der Waals surface area (Å²) in [6, 6.07) is 13.0. The molecule has 2 amide bonds. The van der Waals surface area contributed by atoms with Gasteiger partial charge >= 0.3 is 0 Å². The first-order valence-electron chi connectivity index (χ1n) is 10.3. The van der Waals surface area contributed by atoms with E-state index >= 15 is 0 Å². The van der Waals surface area contributed by atoms with Crippen LogP contribution in [0.4, 0.5) is 4.39 Å². The molecule has 3 aliphatic rings. The van der Waals surface area contributed by atoms with Crippen molar-refractivity contribution in [2.75, 3.05) is 26.8 Å². The van der Waals surface area contributed by atoms with Gasteiger partial charge in [0.25, 0.3) is 11.8 Å². The van der Waals surface area contributed by atoms with Crippen LogP contribution in [0.15, 0.2) is 42.5 Å². The van der Waals surface area contributed by atoms with Gasteiger partial charge in [0.1, 0.15) is 18.5 Å². The lowest BCUT2D eigenvalue weighted by atomic mass is 9.86. The van der Waals surface area contributed by atoms with Gasteiger partial charge in [-0.25, -0.2) is 4.39 Å². The normalized spacial score (nSPS) is 28.3. The van der Waals surface area contributed by atoms with E-state index in [0.717, 1.165) is 18.7 Å². The van der Waals surface area contributed by atoms with Gasteiger partial charge in [0, 0.05) is 37.3 Å². The SMILES string of the molecule is CNC(=O)c1cc(C(=O)N[C@H]2[C@@H]3CNC[C@@H]32)cc2c1O[C@@H](CF)[C@@H]2c1ccccc1. The van der Waals surface area contributed by atoms with E-state index in [1.54, 1.807) is 12.1 Å². The number of benzene rings is 2. The molecule has 7 heteroatoms. The minimum Gasteiger partial charge on any atom is -0.486 e. The van der Waals surface area contributed by atoms with E-state index < -0.39 is 12.8 Å². The van der Waals surface area contributed by atoms with Crippen molar-refractivity contribution in [1.82, 2.24) is 16.0 Å².